The van der Waals surface area contributed by atoms with Crippen LogP contribution in [0.15, 0.2) is 23.1 Å². The van der Waals surface area contributed by atoms with E-state index in [4.69, 9.17) is 0 Å². The van der Waals surface area contributed by atoms with Gasteiger partial charge >= 0.3 is 0 Å². The second-order valence-electron chi connectivity index (χ2n) is 6.15. The van der Waals surface area contributed by atoms with Crippen LogP contribution >= 0.6 is 0 Å². The van der Waals surface area contributed by atoms with Crippen LogP contribution in [0, 0.1) is 12.8 Å². The second-order valence-corrected chi connectivity index (χ2v) is 8.11. The van der Waals surface area contributed by atoms with E-state index < -0.39 is 10.0 Å². The average Bonchev–Trinajstić information content (AvgIpc) is 2.46. The lowest BCUT2D eigenvalue weighted by Crippen LogP contribution is -2.40. The predicted molar refractivity (Wildman–Crippen MR) is 83.5 cm³/mol. The zero-order valence-electron chi connectivity index (χ0n) is 13.0. The smallest absolute Gasteiger partial charge is 0.243 e. The van der Waals surface area contributed by atoms with Gasteiger partial charge in [-0.25, -0.2) is 8.42 Å². The van der Waals surface area contributed by atoms with Crippen molar-refractivity contribution in [1.29, 1.82) is 0 Å². The number of aliphatic hydroxyl groups excluding tert-OH is 1. The van der Waals surface area contributed by atoms with Crippen LogP contribution in [0.4, 0.5) is 0 Å². The number of aliphatic hydroxyl groups is 1. The van der Waals surface area contributed by atoms with Crippen molar-refractivity contribution in [3.8, 4) is 0 Å². The average molecular weight is 311 g/mol. The van der Waals surface area contributed by atoms with E-state index in [-0.39, 0.29) is 12.6 Å². The van der Waals surface area contributed by atoms with Crippen LogP contribution in [0.3, 0.4) is 0 Å². The summed E-state index contributed by atoms with van der Waals surface area (Å²) >= 11 is 0. The van der Waals surface area contributed by atoms with E-state index in [1.807, 2.05) is 0 Å². The molecule has 1 saturated carbocycles. The van der Waals surface area contributed by atoms with Crippen molar-refractivity contribution >= 4 is 10.0 Å². The second kappa shape index (κ2) is 6.46. The van der Waals surface area contributed by atoms with Crippen LogP contribution in [0.1, 0.15) is 43.7 Å². The summed E-state index contributed by atoms with van der Waals surface area (Å²) in [5, 5.41) is 9.32. The maximum absolute atomic E-state index is 12.9. The van der Waals surface area contributed by atoms with Crippen LogP contribution in [0.5, 0.6) is 0 Å². The van der Waals surface area contributed by atoms with Crippen LogP contribution < -0.4 is 0 Å². The molecule has 0 aliphatic heterocycles. The Morgan fingerprint density at radius 2 is 2.05 bits per heavy atom. The first-order valence-corrected chi connectivity index (χ1v) is 8.99. The lowest BCUT2D eigenvalue weighted by molar-refractivity contribution is 0.239. The van der Waals surface area contributed by atoms with Crippen molar-refractivity contribution < 1.29 is 13.5 Å². The summed E-state index contributed by atoms with van der Waals surface area (Å²) in [6.07, 6.45) is 4.12. The normalized spacial score (nSPS) is 23.5. The molecule has 1 fully saturated rings. The molecular formula is C16H25NO3S. The highest BCUT2D eigenvalue weighted by Crippen LogP contribution is 2.31. The van der Waals surface area contributed by atoms with Gasteiger partial charge < -0.3 is 5.11 Å². The van der Waals surface area contributed by atoms with Gasteiger partial charge in [-0.3, -0.25) is 0 Å². The topological polar surface area (TPSA) is 57.6 Å². The van der Waals surface area contributed by atoms with Crippen LogP contribution in [-0.2, 0) is 16.6 Å². The van der Waals surface area contributed by atoms with E-state index in [0.29, 0.717) is 21.9 Å². The highest BCUT2D eigenvalue weighted by Gasteiger charge is 2.32. The summed E-state index contributed by atoms with van der Waals surface area (Å²) in [5.41, 5.74) is 1.32. The minimum Gasteiger partial charge on any atom is -0.392 e. The van der Waals surface area contributed by atoms with Crippen molar-refractivity contribution in [2.24, 2.45) is 5.92 Å². The number of rotatable bonds is 4. The fourth-order valence-electron chi connectivity index (χ4n) is 3.19. The number of hydrogen-bond donors (Lipinski definition) is 1. The fourth-order valence-corrected chi connectivity index (χ4v) is 4.86. The SMILES string of the molecule is Cc1c(CO)cccc1S(=O)(=O)N(C)C1CCCC(C)C1. The Kier molecular flexibility index (Phi) is 5.07. The van der Waals surface area contributed by atoms with Crippen molar-refractivity contribution in [2.45, 2.75) is 57.1 Å². The third kappa shape index (κ3) is 3.30. The van der Waals surface area contributed by atoms with Crippen LogP contribution in [0.25, 0.3) is 0 Å². The molecule has 1 aliphatic carbocycles. The third-order valence-corrected chi connectivity index (χ3v) is 6.70. The molecular weight excluding hydrogens is 286 g/mol. The van der Waals surface area contributed by atoms with Gasteiger partial charge in [0.2, 0.25) is 10.0 Å². The van der Waals surface area contributed by atoms with E-state index in [2.05, 4.69) is 6.92 Å². The molecule has 0 radical (unpaired) electrons. The van der Waals surface area contributed by atoms with Gasteiger partial charge in [0.25, 0.3) is 0 Å². The molecule has 0 bridgehead atoms. The van der Waals surface area contributed by atoms with Gasteiger partial charge in [0.05, 0.1) is 11.5 Å². The Morgan fingerprint density at radius 1 is 1.33 bits per heavy atom. The fraction of sp³-hybridized carbons (Fsp3) is 0.625. The number of hydrogen-bond acceptors (Lipinski definition) is 3. The van der Waals surface area contributed by atoms with Crippen molar-refractivity contribution in [1.82, 2.24) is 4.31 Å². The minimum absolute atomic E-state index is 0.0796. The molecule has 1 aliphatic rings. The zero-order valence-corrected chi connectivity index (χ0v) is 13.9. The first-order chi connectivity index (χ1) is 9.87. The Hall–Kier alpha value is -0.910. The quantitative estimate of drug-likeness (QED) is 0.930. The van der Waals surface area contributed by atoms with Crippen molar-refractivity contribution in [3.63, 3.8) is 0 Å². The monoisotopic (exact) mass is 311 g/mol. The third-order valence-electron chi connectivity index (χ3n) is 4.65. The highest BCUT2D eigenvalue weighted by molar-refractivity contribution is 7.89. The molecule has 2 atom stereocenters. The molecule has 2 unspecified atom stereocenters. The van der Waals surface area contributed by atoms with Crippen LogP contribution in [-0.4, -0.2) is 30.9 Å². The van der Waals surface area contributed by atoms with Gasteiger partial charge in [-0.2, -0.15) is 4.31 Å². The van der Waals surface area contributed by atoms with E-state index in [0.717, 1.165) is 19.3 Å². The Balaban J connectivity index is 2.33. The summed E-state index contributed by atoms with van der Waals surface area (Å²) in [7, 11) is -1.82. The summed E-state index contributed by atoms with van der Waals surface area (Å²) < 4.78 is 27.3. The molecule has 2 rings (SSSR count). The van der Waals surface area contributed by atoms with Crippen molar-refractivity contribution in [3.05, 3.63) is 29.3 Å². The standard InChI is InChI=1S/C16H25NO3S/c1-12-6-4-8-15(10-12)17(3)21(19,20)16-9-5-7-14(11-18)13(16)2/h5,7,9,12,15,18H,4,6,8,10-11H2,1-3H3. The Bertz CT molecular complexity index is 598. The number of benzene rings is 1. The van der Waals surface area contributed by atoms with E-state index >= 15 is 0 Å². The molecule has 1 aromatic rings. The van der Waals surface area contributed by atoms with Crippen LogP contribution in [0.2, 0.25) is 0 Å². The first kappa shape index (κ1) is 16.5. The van der Waals surface area contributed by atoms with E-state index in [9.17, 15) is 13.5 Å². The molecule has 0 spiro atoms. The number of nitrogens with zero attached hydrogens (tertiary/aromatic N) is 1. The van der Waals surface area contributed by atoms with Gasteiger partial charge in [-0.1, -0.05) is 31.9 Å². The Labute approximate surface area is 127 Å². The highest BCUT2D eigenvalue weighted by atomic mass is 32.2. The molecule has 0 heterocycles. The molecule has 5 heteroatoms. The van der Waals surface area contributed by atoms with E-state index in [1.54, 1.807) is 32.2 Å². The predicted octanol–water partition coefficient (Wildman–Crippen LogP) is 2.69. The summed E-state index contributed by atoms with van der Waals surface area (Å²) in [6, 6.07) is 5.17. The maximum Gasteiger partial charge on any atom is 0.243 e. The van der Waals surface area contributed by atoms with Gasteiger partial charge in [0, 0.05) is 13.1 Å². The molecule has 0 amide bonds. The van der Waals surface area contributed by atoms with Gasteiger partial charge in [-0.05, 0) is 42.9 Å². The summed E-state index contributed by atoms with van der Waals surface area (Å²) in [6.45, 7) is 3.80. The minimum atomic E-state index is -3.50. The van der Waals surface area contributed by atoms with Crippen molar-refractivity contribution in [2.75, 3.05) is 7.05 Å². The van der Waals surface area contributed by atoms with Gasteiger partial charge in [0.1, 0.15) is 0 Å². The van der Waals surface area contributed by atoms with Gasteiger partial charge in [0.15, 0.2) is 0 Å². The molecule has 0 saturated heterocycles. The summed E-state index contributed by atoms with van der Waals surface area (Å²) in [4.78, 5) is 0.315. The zero-order chi connectivity index (χ0) is 15.6. The molecule has 0 aromatic heterocycles. The maximum atomic E-state index is 12.9. The number of sulfonamides is 1. The molecule has 1 N–H and O–H groups in total. The molecule has 1 aromatic carbocycles. The lowest BCUT2D eigenvalue weighted by atomic mass is 9.87. The largest absolute Gasteiger partial charge is 0.392 e. The first-order valence-electron chi connectivity index (χ1n) is 7.55. The lowest BCUT2D eigenvalue weighted by Gasteiger charge is -2.33. The Morgan fingerprint density at radius 3 is 2.67 bits per heavy atom. The van der Waals surface area contributed by atoms with Gasteiger partial charge in [-0.15, -0.1) is 0 Å². The molecule has 21 heavy (non-hydrogen) atoms. The summed E-state index contributed by atoms with van der Waals surface area (Å²) in [5.74, 6) is 0.575. The molecule has 118 valence electrons. The molecule has 4 nitrogen and oxygen atoms in total. The van der Waals surface area contributed by atoms with E-state index in [1.165, 1.54) is 10.7 Å².